The van der Waals surface area contributed by atoms with E-state index in [4.69, 9.17) is 0 Å². The fourth-order valence-corrected chi connectivity index (χ4v) is 3.61. The Bertz CT molecular complexity index is 608. The number of nitrogens with zero attached hydrogens (tertiary/aromatic N) is 2. The number of benzene rings is 1. The van der Waals surface area contributed by atoms with Gasteiger partial charge in [-0.1, -0.05) is 18.2 Å². The molecule has 1 saturated heterocycles. The molecule has 2 rings (SSSR count). The van der Waals surface area contributed by atoms with Crippen LogP contribution in [-0.2, 0) is 15.1 Å². The molecule has 2 amide bonds. The van der Waals surface area contributed by atoms with E-state index in [1.807, 2.05) is 18.7 Å². The van der Waals surface area contributed by atoms with E-state index in [-0.39, 0.29) is 17.6 Å². The SMILES string of the molecule is CCN(CC)C(=O)CN1CCC(NC(C)=O)(c2ccccc2F)CC1. The highest BCUT2D eigenvalue weighted by molar-refractivity contribution is 5.78. The van der Waals surface area contributed by atoms with Gasteiger partial charge in [-0.2, -0.15) is 0 Å². The number of likely N-dealkylation sites (N-methyl/N-ethyl adjacent to an activating group) is 1. The fraction of sp³-hybridized carbons (Fsp3) is 0.579. The van der Waals surface area contributed by atoms with Crippen molar-refractivity contribution in [3.63, 3.8) is 0 Å². The lowest BCUT2D eigenvalue weighted by Gasteiger charge is -2.42. The lowest BCUT2D eigenvalue weighted by atomic mass is 9.80. The third-order valence-electron chi connectivity index (χ3n) is 4.99. The summed E-state index contributed by atoms with van der Waals surface area (Å²) in [7, 11) is 0. The second-order valence-corrected chi connectivity index (χ2v) is 6.59. The Hall–Kier alpha value is -1.95. The van der Waals surface area contributed by atoms with Gasteiger partial charge in [-0.25, -0.2) is 4.39 Å². The number of nitrogens with one attached hydrogen (secondary N) is 1. The van der Waals surface area contributed by atoms with E-state index in [0.29, 0.717) is 51.1 Å². The Kier molecular flexibility index (Phi) is 6.53. The molecule has 6 heteroatoms. The second kappa shape index (κ2) is 8.43. The van der Waals surface area contributed by atoms with Gasteiger partial charge in [-0.05, 0) is 32.8 Å². The van der Waals surface area contributed by atoms with Crippen LogP contribution in [0.3, 0.4) is 0 Å². The zero-order valence-corrected chi connectivity index (χ0v) is 15.3. The normalized spacial score (nSPS) is 17.1. The molecule has 138 valence electrons. The van der Waals surface area contributed by atoms with Crippen LogP contribution in [0.25, 0.3) is 0 Å². The molecule has 0 radical (unpaired) electrons. The highest BCUT2D eigenvalue weighted by Gasteiger charge is 2.39. The minimum absolute atomic E-state index is 0.114. The molecule has 1 aliphatic heterocycles. The highest BCUT2D eigenvalue weighted by Crippen LogP contribution is 2.34. The van der Waals surface area contributed by atoms with E-state index in [9.17, 15) is 14.0 Å². The average Bonchev–Trinajstić information content (AvgIpc) is 2.58. The van der Waals surface area contributed by atoms with Crippen LogP contribution in [-0.4, -0.2) is 54.3 Å². The van der Waals surface area contributed by atoms with Crippen molar-refractivity contribution in [1.29, 1.82) is 0 Å². The van der Waals surface area contributed by atoms with Gasteiger partial charge in [-0.3, -0.25) is 14.5 Å². The summed E-state index contributed by atoms with van der Waals surface area (Å²) in [6.45, 7) is 8.45. The Morgan fingerprint density at radius 3 is 2.32 bits per heavy atom. The molecule has 0 aliphatic carbocycles. The van der Waals surface area contributed by atoms with E-state index in [1.54, 1.807) is 18.2 Å². The van der Waals surface area contributed by atoms with Gasteiger partial charge in [0, 0.05) is 38.7 Å². The number of rotatable bonds is 6. The number of amides is 2. The van der Waals surface area contributed by atoms with Crippen LogP contribution >= 0.6 is 0 Å². The summed E-state index contributed by atoms with van der Waals surface area (Å²) in [5.74, 6) is -0.359. The number of likely N-dealkylation sites (tertiary alicyclic amines) is 1. The number of carbonyl (C=O) groups is 2. The third kappa shape index (κ3) is 4.57. The van der Waals surface area contributed by atoms with Gasteiger partial charge in [0.15, 0.2) is 0 Å². The molecule has 1 heterocycles. The van der Waals surface area contributed by atoms with Gasteiger partial charge in [0.05, 0.1) is 12.1 Å². The maximum Gasteiger partial charge on any atom is 0.236 e. The summed E-state index contributed by atoms with van der Waals surface area (Å²) in [4.78, 5) is 27.9. The number of halogens is 1. The van der Waals surface area contributed by atoms with Crippen LogP contribution in [0.5, 0.6) is 0 Å². The zero-order valence-electron chi connectivity index (χ0n) is 15.3. The molecule has 0 bridgehead atoms. The summed E-state index contributed by atoms with van der Waals surface area (Å²) >= 11 is 0. The van der Waals surface area contributed by atoms with Gasteiger partial charge in [-0.15, -0.1) is 0 Å². The van der Waals surface area contributed by atoms with Crippen molar-refractivity contribution in [2.45, 2.75) is 39.2 Å². The summed E-state index contributed by atoms with van der Waals surface area (Å²) in [5, 5.41) is 2.97. The number of hydrogen-bond donors (Lipinski definition) is 1. The van der Waals surface area contributed by atoms with E-state index >= 15 is 0 Å². The number of hydrogen-bond acceptors (Lipinski definition) is 3. The second-order valence-electron chi connectivity index (χ2n) is 6.59. The minimum Gasteiger partial charge on any atom is -0.347 e. The van der Waals surface area contributed by atoms with Gasteiger partial charge < -0.3 is 10.2 Å². The summed E-state index contributed by atoms with van der Waals surface area (Å²) in [6, 6.07) is 6.60. The van der Waals surface area contributed by atoms with Crippen LogP contribution < -0.4 is 5.32 Å². The molecule has 0 unspecified atom stereocenters. The average molecular weight is 349 g/mol. The van der Waals surface area contributed by atoms with Crippen molar-refractivity contribution in [2.24, 2.45) is 0 Å². The van der Waals surface area contributed by atoms with Gasteiger partial charge >= 0.3 is 0 Å². The standard InChI is InChI=1S/C19H28FN3O2/c1-4-23(5-2)18(25)14-22-12-10-19(11-13-22,21-15(3)24)16-8-6-7-9-17(16)20/h6-9H,4-5,10-14H2,1-3H3,(H,21,24). The van der Waals surface area contributed by atoms with E-state index < -0.39 is 5.54 Å². The number of piperidine rings is 1. The van der Waals surface area contributed by atoms with Crippen LogP contribution in [0.2, 0.25) is 0 Å². The first-order valence-corrected chi connectivity index (χ1v) is 8.95. The molecule has 1 N–H and O–H groups in total. The van der Waals surface area contributed by atoms with Gasteiger partial charge in [0.25, 0.3) is 0 Å². The van der Waals surface area contributed by atoms with Crippen molar-refractivity contribution < 1.29 is 14.0 Å². The first-order chi connectivity index (χ1) is 11.9. The molecule has 0 atom stereocenters. The van der Waals surface area contributed by atoms with Crippen molar-refractivity contribution in [2.75, 3.05) is 32.7 Å². The Morgan fingerprint density at radius 2 is 1.80 bits per heavy atom. The molecule has 5 nitrogen and oxygen atoms in total. The fourth-order valence-electron chi connectivity index (χ4n) is 3.61. The molecular weight excluding hydrogens is 321 g/mol. The number of carbonyl (C=O) groups excluding carboxylic acids is 2. The van der Waals surface area contributed by atoms with E-state index in [1.165, 1.54) is 13.0 Å². The third-order valence-corrected chi connectivity index (χ3v) is 4.99. The predicted molar refractivity (Wildman–Crippen MR) is 95.5 cm³/mol. The zero-order chi connectivity index (χ0) is 18.4. The first-order valence-electron chi connectivity index (χ1n) is 8.95. The largest absolute Gasteiger partial charge is 0.347 e. The monoisotopic (exact) mass is 349 g/mol. The molecule has 0 spiro atoms. The molecule has 0 saturated carbocycles. The van der Waals surface area contributed by atoms with Crippen molar-refractivity contribution in [3.05, 3.63) is 35.6 Å². The Morgan fingerprint density at radius 1 is 1.20 bits per heavy atom. The van der Waals surface area contributed by atoms with Crippen LogP contribution in [0, 0.1) is 5.82 Å². The van der Waals surface area contributed by atoms with Crippen molar-refractivity contribution in [3.8, 4) is 0 Å². The first kappa shape index (κ1) is 19.4. The summed E-state index contributed by atoms with van der Waals surface area (Å²) in [6.07, 6.45) is 1.16. The maximum atomic E-state index is 14.3. The molecule has 1 aromatic carbocycles. The molecule has 1 aliphatic rings. The lowest BCUT2D eigenvalue weighted by Crippen LogP contribution is -2.54. The predicted octanol–water partition coefficient (Wildman–Crippen LogP) is 2.12. The molecule has 0 aromatic heterocycles. The Balaban J connectivity index is 2.11. The summed E-state index contributed by atoms with van der Waals surface area (Å²) in [5.41, 5.74) is -0.175. The van der Waals surface area contributed by atoms with E-state index in [2.05, 4.69) is 10.2 Å². The van der Waals surface area contributed by atoms with E-state index in [0.717, 1.165) is 0 Å². The highest BCUT2D eigenvalue weighted by atomic mass is 19.1. The lowest BCUT2D eigenvalue weighted by molar-refractivity contribution is -0.133. The van der Waals surface area contributed by atoms with Crippen molar-refractivity contribution >= 4 is 11.8 Å². The molecule has 25 heavy (non-hydrogen) atoms. The van der Waals surface area contributed by atoms with Crippen molar-refractivity contribution in [1.82, 2.24) is 15.1 Å². The topological polar surface area (TPSA) is 52.7 Å². The van der Waals surface area contributed by atoms with Crippen LogP contribution in [0.1, 0.15) is 39.2 Å². The smallest absolute Gasteiger partial charge is 0.236 e. The molecule has 1 fully saturated rings. The maximum absolute atomic E-state index is 14.3. The minimum atomic E-state index is -0.702. The van der Waals surface area contributed by atoms with Crippen LogP contribution in [0.4, 0.5) is 4.39 Å². The van der Waals surface area contributed by atoms with Crippen LogP contribution in [0.15, 0.2) is 24.3 Å². The quantitative estimate of drug-likeness (QED) is 0.856. The van der Waals surface area contributed by atoms with Gasteiger partial charge in [0.1, 0.15) is 5.82 Å². The van der Waals surface area contributed by atoms with Gasteiger partial charge in [0.2, 0.25) is 11.8 Å². The Labute approximate surface area is 149 Å². The molecular formula is C19H28FN3O2. The summed E-state index contributed by atoms with van der Waals surface area (Å²) < 4.78 is 14.3. The molecule has 1 aromatic rings.